The predicted octanol–water partition coefficient (Wildman–Crippen LogP) is 1.33. The highest BCUT2D eigenvalue weighted by molar-refractivity contribution is 5.62. The normalized spacial score (nSPS) is 12.1. The molecule has 0 aliphatic rings. The fourth-order valence-corrected chi connectivity index (χ4v) is 1.83. The molecule has 1 unspecified atom stereocenters. The van der Waals surface area contributed by atoms with E-state index in [2.05, 4.69) is 15.3 Å². The van der Waals surface area contributed by atoms with Gasteiger partial charge >= 0.3 is 5.69 Å². The maximum atomic E-state index is 11.2. The number of aliphatic hydroxyl groups is 1. The molecule has 20 heavy (non-hydrogen) atoms. The predicted molar refractivity (Wildman–Crippen MR) is 77.2 cm³/mol. The number of hydrogen-bond donors (Lipinski definition) is 2. The first-order valence-electron chi connectivity index (χ1n) is 6.52. The molecule has 0 fully saturated rings. The van der Waals surface area contributed by atoms with Gasteiger partial charge in [0.15, 0.2) is 0 Å². The second-order valence-corrected chi connectivity index (χ2v) is 4.72. The highest BCUT2D eigenvalue weighted by Crippen LogP contribution is 2.29. The van der Waals surface area contributed by atoms with E-state index in [4.69, 9.17) is 0 Å². The monoisotopic (exact) mass is 283 g/mol. The summed E-state index contributed by atoms with van der Waals surface area (Å²) in [4.78, 5) is 20.5. The Morgan fingerprint density at radius 1 is 1.50 bits per heavy atom. The van der Waals surface area contributed by atoms with Crippen molar-refractivity contribution in [2.24, 2.45) is 0 Å². The Balaban J connectivity index is 3.21. The van der Waals surface area contributed by atoms with Crippen LogP contribution in [0, 0.1) is 17.0 Å². The third kappa shape index (κ3) is 4.02. The molecule has 1 aromatic heterocycles. The van der Waals surface area contributed by atoms with Gasteiger partial charge in [0.2, 0.25) is 11.8 Å². The zero-order chi connectivity index (χ0) is 15.3. The largest absolute Gasteiger partial charge is 0.392 e. The van der Waals surface area contributed by atoms with E-state index in [-0.39, 0.29) is 18.1 Å². The first-order chi connectivity index (χ1) is 9.36. The molecule has 0 aliphatic heterocycles. The lowest BCUT2D eigenvalue weighted by molar-refractivity contribution is -0.385. The number of aliphatic hydroxyl groups excluding tert-OH is 1. The zero-order valence-electron chi connectivity index (χ0n) is 12.3. The van der Waals surface area contributed by atoms with Crippen LogP contribution in [-0.4, -0.2) is 46.2 Å². The molecule has 1 rings (SSSR count). The van der Waals surface area contributed by atoms with Gasteiger partial charge < -0.3 is 15.3 Å². The number of aromatic nitrogens is 2. The van der Waals surface area contributed by atoms with Crippen molar-refractivity contribution in [3.8, 4) is 0 Å². The van der Waals surface area contributed by atoms with Crippen LogP contribution in [0.2, 0.25) is 0 Å². The minimum absolute atomic E-state index is 0.129. The van der Waals surface area contributed by atoms with Gasteiger partial charge in [-0.3, -0.25) is 10.1 Å². The number of hydrogen-bond acceptors (Lipinski definition) is 7. The van der Waals surface area contributed by atoms with Gasteiger partial charge in [0.1, 0.15) is 5.69 Å². The quantitative estimate of drug-likeness (QED) is 0.574. The van der Waals surface area contributed by atoms with Crippen LogP contribution in [-0.2, 0) is 0 Å². The number of likely N-dealkylation sites (N-methyl/N-ethyl adjacent to an activating group) is 1. The molecule has 0 amide bonds. The van der Waals surface area contributed by atoms with Crippen LogP contribution in [0.1, 0.15) is 26.0 Å². The first-order valence-corrected chi connectivity index (χ1v) is 6.52. The van der Waals surface area contributed by atoms with Gasteiger partial charge in [0.25, 0.3) is 0 Å². The molecule has 0 bridgehead atoms. The fourth-order valence-electron chi connectivity index (χ4n) is 1.83. The zero-order valence-corrected chi connectivity index (χ0v) is 12.3. The number of nitro groups is 1. The minimum Gasteiger partial charge on any atom is -0.392 e. The summed E-state index contributed by atoms with van der Waals surface area (Å²) in [7, 11) is 1.66. The molecule has 112 valence electrons. The van der Waals surface area contributed by atoms with Gasteiger partial charge in [-0.1, -0.05) is 6.92 Å². The Bertz CT molecular complexity index is 478. The smallest absolute Gasteiger partial charge is 0.332 e. The highest BCUT2D eigenvalue weighted by atomic mass is 16.6. The third-order valence-corrected chi connectivity index (χ3v) is 2.66. The van der Waals surface area contributed by atoms with E-state index in [0.29, 0.717) is 18.2 Å². The standard InChI is InChI=1S/C12H21N5O3/c1-5-6-13-12-14-9(3)10(17(19)20)11(15-12)16(4)7-8(2)18/h8,18H,5-7H2,1-4H3,(H,13,14,15). The van der Waals surface area contributed by atoms with E-state index in [1.54, 1.807) is 25.8 Å². The molecule has 0 radical (unpaired) electrons. The number of aryl methyl sites for hydroxylation is 1. The van der Waals surface area contributed by atoms with Crippen molar-refractivity contribution >= 4 is 17.5 Å². The second-order valence-electron chi connectivity index (χ2n) is 4.72. The lowest BCUT2D eigenvalue weighted by Crippen LogP contribution is -2.29. The average Bonchev–Trinajstić information content (AvgIpc) is 2.34. The highest BCUT2D eigenvalue weighted by Gasteiger charge is 2.25. The van der Waals surface area contributed by atoms with Gasteiger partial charge in [-0.05, 0) is 20.3 Å². The molecule has 2 N–H and O–H groups in total. The van der Waals surface area contributed by atoms with Gasteiger partial charge in [-0.15, -0.1) is 0 Å². The fraction of sp³-hybridized carbons (Fsp3) is 0.667. The molecule has 0 saturated heterocycles. The lowest BCUT2D eigenvalue weighted by Gasteiger charge is -2.20. The minimum atomic E-state index is -0.609. The first kappa shape index (κ1) is 16.1. The maximum Gasteiger partial charge on any atom is 0.332 e. The van der Waals surface area contributed by atoms with Crippen molar-refractivity contribution < 1.29 is 10.0 Å². The summed E-state index contributed by atoms with van der Waals surface area (Å²) in [5.74, 6) is 0.574. The van der Waals surface area contributed by atoms with Crippen molar-refractivity contribution in [2.45, 2.75) is 33.3 Å². The van der Waals surface area contributed by atoms with Crippen molar-refractivity contribution in [2.75, 3.05) is 30.4 Å². The van der Waals surface area contributed by atoms with E-state index in [9.17, 15) is 15.2 Å². The van der Waals surface area contributed by atoms with Gasteiger partial charge in [-0.25, -0.2) is 4.98 Å². The Labute approximate surface area is 118 Å². The van der Waals surface area contributed by atoms with E-state index >= 15 is 0 Å². The van der Waals surface area contributed by atoms with E-state index in [1.807, 2.05) is 6.92 Å². The SMILES string of the molecule is CCCNc1nc(C)c([N+](=O)[O-])c(N(C)CC(C)O)n1. The van der Waals surface area contributed by atoms with Crippen LogP contribution < -0.4 is 10.2 Å². The van der Waals surface area contributed by atoms with Crippen LogP contribution in [0.4, 0.5) is 17.5 Å². The summed E-state index contributed by atoms with van der Waals surface area (Å²) in [6, 6.07) is 0. The maximum absolute atomic E-state index is 11.2. The molecule has 8 nitrogen and oxygen atoms in total. The van der Waals surface area contributed by atoms with E-state index in [1.165, 1.54) is 0 Å². The molecule has 1 atom stereocenters. The summed E-state index contributed by atoms with van der Waals surface area (Å²) in [5, 5.41) is 23.6. The molecule has 0 saturated carbocycles. The van der Waals surface area contributed by atoms with Gasteiger partial charge in [-0.2, -0.15) is 4.98 Å². The molecule has 0 aromatic carbocycles. The summed E-state index contributed by atoms with van der Waals surface area (Å²) in [6.45, 7) is 6.15. The number of nitrogens with one attached hydrogen (secondary N) is 1. The van der Waals surface area contributed by atoms with Crippen molar-refractivity contribution in [1.29, 1.82) is 0 Å². The molecular formula is C12H21N5O3. The summed E-state index contributed by atoms with van der Waals surface area (Å²) < 4.78 is 0. The van der Waals surface area contributed by atoms with Crippen LogP contribution in [0.25, 0.3) is 0 Å². The topological polar surface area (TPSA) is 104 Å². The molecule has 1 heterocycles. The van der Waals surface area contributed by atoms with Crippen molar-refractivity contribution in [3.05, 3.63) is 15.8 Å². The lowest BCUT2D eigenvalue weighted by atomic mass is 10.3. The molecule has 8 heteroatoms. The van der Waals surface area contributed by atoms with Crippen LogP contribution >= 0.6 is 0 Å². The molecule has 1 aromatic rings. The van der Waals surface area contributed by atoms with Crippen LogP contribution in [0.15, 0.2) is 0 Å². The Kier molecular flexibility index (Phi) is 5.63. The summed E-state index contributed by atoms with van der Waals surface area (Å²) in [5.41, 5.74) is 0.172. The second kappa shape index (κ2) is 6.99. The van der Waals surface area contributed by atoms with Crippen LogP contribution in [0.3, 0.4) is 0 Å². The van der Waals surface area contributed by atoms with E-state index in [0.717, 1.165) is 6.42 Å². The number of anilines is 2. The summed E-state index contributed by atoms with van der Waals surface area (Å²) in [6.07, 6.45) is 0.292. The van der Waals surface area contributed by atoms with Gasteiger partial charge in [0, 0.05) is 20.1 Å². The molecule has 0 aliphatic carbocycles. The summed E-state index contributed by atoms with van der Waals surface area (Å²) >= 11 is 0. The van der Waals surface area contributed by atoms with Crippen molar-refractivity contribution in [3.63, 3.8) is 0 Å². The Morgan fingerprint density at radius 3 is 2.65 bits per heavy atom. The Hall–Kier alpha value is -1.96. The Morgan fingerprint density at radius 2 is 2.15 bits per heavy atom. The third-order valence-electron chi connectivity index (χ3n) is 2.66. The van der Waals surface area contributed by atoms with Crippen molar-refractivity contribution in [1.82, 2.24) is 9.97 Å². The average molecular weight is 283 g/mol. The van der Waals surface area contributed by atoms with Gasteiger partial charge in [0.05, 0.1) is 11.0 Å². The number of rotatable bonds is 7. The number of nitrogens with zero attached hydrogens (tertiary/aromatic N) is 4. The van der Waals surface area contributed by atoms with E-state index < -0.39 is 11.0 Å². The van der Waals surface area contributed by atoms with Crippen LogP contribution in [0.5, 0.6) is 0 Å². The molecular weight excluding hydrogens is 262 g/mol. The molecule has 0 spiro atoms.